The van der Waals surface area contributed by atoms with Crippen LogP contribution in [0.25, 0.3) is 10.4 Å². The fraction of sp³-hybridized carbons (Fsp3) is 0. The molecule has 0 aliphatic carbocycles. The molecule has 0 aliphatic rings. The van der Waals surface area contributed by atoms with E-state index in [0.717, 1.165) is 10.4 Å². The summed E-state index contributed by atoms with van der Waals surface area (Å²) in [7, 11) is 0. The van der Waals surface area contributed by atoms with E-state index < -0.39 is 0 Å². The van der Waals surface area contributed by atoms with Gasteiger partial charge in [-0.25, -0.2) is 4.39 Å². The molecule has 1 aromatic carbocycles. The molecule has 0 fully saturated rings. The topological polar surface area (TPSA) is 12.9 Å². The molecule has 1 nitrogen and oxygen atoms in total. The number of aromatic nitrogens is 1. The molecule has 0 saturated carbocycles. The third kappa shape index (κ3) is 1.36. The van der Waals surface area contributed by atoms with Crippen LogP contribution in [0.5, 0.6) is 0 Å². The quantitative estimate of drug-likeness (QED) is 0.654. The lowest BCUT2D eigenvalue weighted by Gasteiger charge is -1.93. The number of rotatable bonds is 1. The third-order valence-electron chi connectivity index (χ3n) is 1.52. The van der Waals surface area contributed by atoms with Crippen molar-refractivity contribution in [2.45, 2.75) is 0 Å². The number of hydrogen-bond acceptors (Lipinski definition) is 2. The van der Waals surface area contributed by atoms with Crippen LogP contribution < -0.4 is 0 Å². The molecule has 2 rings (SSSR count). The summed E-state index contributed by atoms with van der Waals surface area (Å²) >= 11 is 1.35. The summed E-state index contributed by atoms with van der Waals surface area (Å²) in [6, 6.07) is 8.13. The van der Waals surface area contributed by atoms with E-state index in [-0.39, 0.29) is 5.82 Å². The minimum absolute atomic E-state index is 0.216. The highest BCUT2D eigenvalue weighted by molar-refractivity contribution is 7.09. The Morgan fingerprint density at radius 2 is 2.00 bits per heavy atom. The SMILES string of the molecule is Fc1ccc(-c2c[c]ns2)cc1. The van der Waals surface area contributed by atoms with E-state index in [1.54, 1.807) is 18.2 Å². The van der Waals surface area contributed by atoms with Gasteiger partial charge in [-0.2, -0.15) is 4.37 Å². The number of benzene rings is 1. The molecule has 2 aromatic rings. The van der Waals surface area contributed by atoms with E-state index in [1.165, 1.54) is 23.7 Å². The van der Waals surface area contributed by atoms with Gasteiger partial charge in [0.25, 0.3) is 0 Å². The second kappa shape index (κ2) is 3.03. The van der Waals surface area contributed by atoms with Crippen LogP contribution in [0.15, 0.2) is 30.3 Å². The predicted octanol–water partition coefficient (Wildman–Crippen LogP) is 2.75. The first kappa shape index (κ1) is 7.43. The summed E-state index contributed by atoms with van der Waals surface area (Å²) in [4.78, 5) is 1.01. The van der Waals surface area contributed by atoms with Gasteiger partial charge in [0.05, 0.1) is 4.88 Å². The van der Waals surface area contributed by atoms with Crippen LogP contribution in [0.3, 0.4) is 0 Å². The Balaban J connectivity index is 2.43. The Labute approximate surface area is 73.7 Å². The van der Waals surface area contributed by atoms with Crippen molar-refractivity contribution in [3.63, 3.8) is 0 Å². The monoisotopic (exact) mass is 178 g/mol. The van der Waals surface area contributed by atoms with Crippen molar-refractivity contribution in [3.8, 4) is 10.4 Å². The molecule has 1 aromatic heterocycles. The van der Waals surface area contributed by atoms with Gasteiger partial charge in [0.1, 0.15) is 12.0 Å². The molecule has 0 atom stereocenters. The molecule has 0 saturated heterocycles. The summed E-state index contributed by atoms with van der Waals surface area (Å²) in [6.45, 7) is 0. The summed E-state index contributed by atoms with van der Waals surface area (Å²) < 4.78 is 16.4. The molecule has 0 N–H and O–H groups in total. The Morgan fingerprint density at radius 1 is 1.25 bits per heavy atom. The fourth-order valence-corrected chi connectivity index (χ4v) is 1.49. The standard InChI is InChI=1S/C9H5FNS/c10-8-3-1-7(2-4-8)9-5-6-11-12-9/h1-5H. The van der Waals surface area contributed by atoms with Crippen molar-refractivity contribution in [1.29, 1.82) is 0 Å². The number of nitrogens with zero attached hydrogens (tertiary/aromatic N) is 1. The lowest BCUT2D eigenvalue weighted by molar-refractivity contribution is 0.628. The van der Waals surface area contributed by atoms with Crippen LogP contribution in [0.2, 0.25) is 0 Å². The zero-order chi connectivity index (χ0) is 8.39. The molecule has 59 valence electrons. The van der Waals surface area contributed by atoms with Gasteiger partial charge >= 0.3 is 0 Å². The van der Waals surface area contributed by atoms with Crippen molar-refractivity contribution in [3.05, 3.63) is 42.3 Å². The molecule has 3 heteroatoms. The molecule has 1 heterocycles. The minimum Gasteiger partial charge on any atom is -0.207 e. The maximum atomic E-state index is 12.5. The maximum absolute atomic E-state index is 12.5. The van der Waals surface area contributed by atoms with Crippen molar-refractivity contribution in [2.24, 2.45) is 0 Å². The molecular weight excluding hydrogens is 173 g/mol. The van der Waals surface area contributed by atoms with E-state index >= 15 is 0 Å². The normalized spacial score (nSPS) is 10.1. The van der Waals surface area contributed by atoms with Crippen molar-refractivity contribution < 1.29 is 4.39 Å². The smallest absolute Gasteiger partial charge is 0.123 e. The highest BCUT2D eigenvalue weighted by atomic mass is 32.1. The summed E-state index contributed by atoms with van der Waals surface area (Å²) in [5, 5.41) is 0. The van der Waals surface area contributed by atoms with Gasteiger partial charge in [-0.3, -0.25) is 0 Å². The van der Waals surface area contributed by atoms with Gasteiger partial charge in [0, 0.05) is 0 Å². The van der Waals surface area contributed by atoms with E-state index in [1.807, 2.05) is 0 Å². The van der Waals surface area contributed by atoms with Crippen LogP contribution in [0.1, 0.15) is 0 Å². The van der Waals surface area contributed by atoms with E-state index in [0.29, 0.717) is 0 Å². The van der Waals surface area contributed by atoms with Gasteiger partial charge in [-0.05, 0) is 35.3 Å². The van der Waals surface area contributed by atoms with Crippen LogP contribution in [0.4, 0.5) is 4.39 Å². The minimum atomic E-state index is -0.216. The lowest BCUT2D eigenvalue weighted by atomic mass is 10.2. The molecule has 0 spiro atoms. The largest absolute Gasteiger partial charge is 0.207 e. The van der Waals surface area contributed by atoms with Gasteiger partial charge in [0.15, 0.2) is 0 Å². The molecule has 0 aliphatic heterocycles. The highest BCUT2D eigenvalue weighted by Crippen LogP contribution is 2.21. The number of hydrogen-bond donors (Lipinski definition) is 0. The van der Waals surface area contributed by atoms with Crippen LogP contribution in [0, 0.1) is 12.0 Å². The third-order valence-corrected chi connectivity index (χ3v) is 2.27. The molecule has 0 bridgehead atoms. The zero-order valence-corrected chi connectivity index (χ0v) is 6.94. The second-order valence-electron chi connectivity index (χ2n) is 2.33. The highest BCUT2D eigenvalue weighted by Gasteiger charge is 1.98. The predicted molar refractivity (Wildman–Crippen MR) is 46.3 cm³/mol. The van der Waals surface area contributed by atoms with Gasteiger partial charge in [-0.15, -0.1) is 0 Å². The Morgan fingerprint density at radius 3 is 2.58 bits per heavy atom. The van der Waals surface area contributed by atoms with Gasteiger partial charge in [-0.1, -0.05) is 12.1 Å². The molecule has 1 radical (unpaired) electrons. The maximum Gasteiger partial charge on any atom is 0.123 e. The van der Waals surface area contributed by atoms with E-state index in [2.05, 4.69) is 10.6 Å². The first-order valence-corrected chi connectivity index (χ1v) is 4.22. The van der Waals surface area contributed by atoms with Crippen molar-refractivity contribution in [2.75, 3.05) is 0 Å². The molecule has 12 heavy (non-hydrogen) atoms. The van der Waals surface area contributed by atoms with Gasteiger partial charge in [0.2, 0.25) is 0 Å². The number of halogens is 1. The van der Waals surface area contributed by atoms with Crippen LogP contribution >= 0.6 is 11.5 Å². The summed E-state index contributed by atoms with van der Waals surface area (Å²) in [6.07, 6.45) is 2.72. The zero-order valence-electron chi connectivity index (χ0n) is 6.12. The molecule has 0 unspecified atom stereocenters. The first-order chi connectivity index (χ1) is 5.86. The Hall–Kier alpha value is -1.22. The van der Waals surface area contributed by atoms with E-state index in [4.69, 9.17) is 0 Å². The van der Waals surface area contributed by atoms with E-state index in [9.17, 15) is 4.39 Å². The summed E-state index contributed by atoms with van der Waals surface area (Å²) in [5.41, 5.74) is 0.982. The lowest BCUT2D eigenvalue weighted by Crippen LogP contribution is -1.73. The molecular formula is C9H5FNS. The van der Waals surface area contributed by atoms with Crippen LogP contribution in [-0.2, 0) is 0 Å². The Kier molecular flexibility index (Phi) is 1.87. The van der Waals surface area contributed by atoms with Crippen molar-refractivity contribution in [1.82, 2.24) is 4.37 Å². The van der Waals surface area contributed by atoms with Gasteiger partial charge < -0.3 is 0 Å². The fourth-order valence-electron chi connectivity index (χ4n) is 0.937. The second-order valence-corrected chi connectivity index (χ2v) is 3.13. The average molecular weight is 178 g/mol. The Bertz CT molecular complexity index is 353. The molecule has 0 amide bonds. The van der Waals surface area contributed by atoms with Crippen LogP contribution in [-0.4, -0.2) is 4.37 Å². The summed E-state index contributed by atoms with van der Waals surface area (Å²) in [5.74, 6) is -0.216. The first-order valence-electron chi connectivity index (χ1n) is 3.45. The average Bonchev–Trinajstić information content (AvgIpc) is 2.58. The van der Waals surface area contributed by atoms with Crippen molar-refractivity contribution >= 4 is 11.5 Å².